The zero-order chi connectivity index (χ0) is 21.3. The van der Waals surface area contributed by atoms with Crippen molar-refractivity contribution in [3.63, 3.8) is 0 Å². The van der Waals surface area contributed by atoms with E-state index in [0.717, 1.165) is 16.1 Å². The predicted octanol–water partition coefficient (Wildman–Crippen LogP) is 4.10. The number of aryl methyl sites for hydroxylation is 1. The number of nitrogens with zero attached hydrogens (tertiary/aromatic N) is 3. The summed E-state index contributed by atoms with van der Waals surface area (Å²) in [5.74, 6) is -0.557. The van der Waals surface area contributed by atoms with E-state index in [-0.39, 0.29) is 11.8 Å². The molecule has 2 amide bonds. The molecule has 1 atom stereocenters. The number of thioether (sulfide) groups is 1. The molecule has 2 heterocycles. The molecule has 1 aromatic heterocycles. The highest BCUT2D eigenvalue weighted by Gasteiger charge is 2.48. The number of benzene rings is 2. The number of aromatic nitrogens is 2. The van der Waals surface area contributed by atoms with Crippen molar-refractivity contribution in [3.8, 4) is 0 Å². The van der Waals surface area contributed by atoms with E-state index >= 15 is 0 Å². The number of para-hydroxylation sites is 1. The summed E-state index contributed by atoms with van der Waals surface area (Å²) in [5.41, 5.74) is 3.75. The zero-order valence-electron chi connectivity index (χ0n) is 17.3. The third-order valence-electron chi connectivity index (χ3n) is 5.19. The van der Waals surface area contributed by atoms with Crippen LogP contribution in [0.2, 0.25) is 0 Å². The second-order valence-electron chi connectivity index (χ2n) is 7.52. The Morgan fingerprint density at radius 1 is 1.20 bits per heavy atom. The van der Waals surface area contributed by atoms with Crippen LogP contribution in [0.4, 0.5) is 11.4 Å². The molecular weight excluding hydrogens is 396 g/mol. The summed E-state index contributed by atoms with van der Waals surface area (Å²) >= 11 is 1.29. The van der Waals surface area contributed by atoms with E-state index in [9.17, 15) is 9.59 Å². The number of anilines is 2. The van der Waals surface area contributed by atoms with Crippen LogP contribution in [0.1, 0.15) is 25.0 Å². The first kappa shape index (κ1) is 20.2. The van der Waals surface area contributed by atoms with Gasteiger partial charge >= 0.3 is 0 Å². The van der Waals surface area contributed by atoms with Crippen molar-refractivity contribution < 1.29 is 9.59 Å². The molecule has 3 aromatic rings. The smallest absolute Gasteiger partial charge is 0.252 e. The van der Waals surface area contributed by atoms with E-state index < -0.39 is 4.75 Å². The minimum Gasteiger partial charge on any atom is -0.322 e. The molecule has 30 heavy (non-hydrogen) atoms. The standard InChI is InChI=1S/C23H24N4O2S/c1-4-27-19-10-5-6-11-20(19)30-23(3,22(27)29)21(28)25-18-13-24-26(15-18)14-17-9-7-8-16(2)12-17/h5-13,15H,4,14H2,1-3H3,(H,25,28). The molecule has 7 heteroatoms. The van der Waals surface area contributed by atoms with E-state index in [4.69, 9.17) is 0 Å². The van der Waals surface area contributed by atoms with Gasteiger partial charge in [-0.3, -0.25) is 14.3 Å². The van der Waals surface area contributed by atoms with Crippen LogP contribution in [-0.4, -0.2) is 32.9 Å². The van der Waals surface area contributed by atoms with Gasteiger partial charge in [-0.1, -0.05) is 53.7 Å². The Labute approximate surface area is 180 Å². The lowest BCUT2D eigenvalue weighted by Crippen LogP contribution is -2.54. The van der Waals surface area contributed by atoms with Gasteiger partial charge in [0.25, 0.3) is 5.91 Å². The van der Waals surface area contributed by atoms with Crippen molar-refractivity contribution in [3.05, 3.63) is 72.1 Å². The van der Waals surface area contributed by atoms with Crippen LogP contribution in [0, 0.1) is 6.92 Å². The number of hydrogen-bond donors (Lipinski definition) is 1. The molecule has 0 spiro atoms. The highest BCUT2D eigenvalue weighted by atomic mass is 32.2. The number of carbonyl (C=O) groups excluding carboxylic acids is 2. The van der Waals surface area contributed by atoms with Gasteiger partial charge in [-0.05, 0) is 38.5 Å². The number of rotatable bonds is 5. The average molecular weight is 421 g/mol. The van der Waals surface area contributed by atoms with Crippen LogP contribution in [0.25, 0.3) is 0 Å². The lowest BCUT2D eigenvalue weighted by molar-refractivity contribution is -0.128. The van der Waals surface area contributed by atoms with E-state index in [1.165, 1.54) is 17.3 Å². The number of nitrogens with one attached hydrogen (secondary N) is 1. The lowest BCUT2D eigenvalue weighted by atomic mass is 10.1. The summed E-state index contributed by atoms with van der Waals surface area (Å²) in [5, 5.41) is 7.23. The fourth-order valence-electron chi connectivity index (χ4n) is 3.62. The highest BCUT2D eigenvalue weighted by Crippen LogP contribution is 2.45. The molecule has 1 aliphatic rings. The molecule has 0 radical (unpaired) electrons. The Balaban J connectivity index is 1.52. The quantitative estimate of drug-likeness (QED) is 0.631. The first-order valence-electron chi connectivity index (χ1n) is 9.90. The summed E-state index contributed by atoms with van der Waals surface area (Å²) in [6.07, 6.45) is 3.40. The number of amides is 2. The summed E-state index contributed by atoms with van der Waals surface area (Å²) in [7, 11) is 0. The molecule has 4 rings (SSSR count). The van der Waals surface area contributed by atoms with Crippen LogP contribution in [0.15, 0.2) is 65.8 Å². The lowest BCUT2D eigenvalue weighted by Gasteiger charge is -2.38. The summed E-state index contributed by atoms with van der Waals surface area (Å²) < 4.78 is 0.527. The monoisotopic (exact) mass is 420 g/mol. The van der Waals surface area contributed by atoms with Gasteiger partial charge in [0.15, 0.2) is 4.75 Å². The van der Waals surface area contributed by atoms with Gasteiger partial charge in [-0.2, -0.15) is 5.10 Å². The maximum atomic E-state index is 13.2. The first-order chi connectivity index (χ1) is 14.4. The molecule has 0 aliphatic carbocycles. The van der Waals surface area contributed by atoms with Gasteiger partial charge in [0.2, 0.25) is 5.91 Å². The maximum absolute atomic E-state index is 13.2. The fourth-order valence-corrected chi connectivity index (χ4v) is 4.83. The molecule has 1 aliphatic heterocycles. The van der Waals surface area contributed by atoms with Crippen LogP contribution in [0.5, 0.6) is 0 Å². The first-order valence-corrected chi connectivity index (χ1v) is 10.7. The molecule has 0 bridgehead atoms. The third-order valence-corrected chi connectivity index (χ3v) is 6.52. The van der Waals surface area contributed by atoms with Crippen LogP contribution in [0.3, 0.4) is 0 Å². The molecule has 6 nitrogen and oxygen atoms in total. The second kappa shape index (κ2) is 7.99. The maximum Gasteiger partial charge on any atom is 0.252 e. The largest absolute Gasteiger partial charge is 0.322 e. The molecule has 0 saturated carbocycles. The zero-order valence-corrected chi connectivity index (χ0v) is 18.1. The van der Waals surface area contributed by atoms with Crippen LogP contribution >= 0.6 is 11.8 Å². The number of hydrogen-bond acceptors (Lipinski definition) is 4. The van der Waals surface area contributed by atoms with Crippen LogP contribution < -0.4 is 10.2 Å². The molecule has 2 aromatic carbocycles. The Morgan fingerprint density at radius 2 is 2.00 bits per heavy atom. The topological polar surface area (TPSA) is 67.2 Å². The predicted molar refractivity (Wildman–Crippen MR) is 120 cm³/mol. The number of fused-ring (bicyclic) bond motifs is 1. The molecule has 1 N–H and O–H groups in total. The van der Waals surface area contributed by atoms with Gasteiger partial charge in [-0.15, -0.1) is 0 Å². The van der Waals surface area contributed by atoms with Gasteiger partial charge in [0.1, 0.15) is 0 Å². The van der Waals surface area contributed by atoms with Crippen molar-refractivity contribution >= 4 is 35.0 Å². The summed E-state index contributed by atoms with van der Waals surface area (Å²) in [6.45, 7) is 6.77. The van der Waals surface area contributed by atoms with Crippen LogP contribution in [-0.2, 0) is 16.1 Å². The summed E-state index contributed by atoms with van der Waals surface area (Å²) in [6, 6.07) is 15.9. The Kier molecular flexibility index (Phi) is 5.39. The molecule has 0 fully saturated rings. The minimum absolute atomic E-state index is 0.210. The highest BCUT2D eigenvalue weighted by molar-refractivity contribution is 8.02. The van der Waals surface area contributed by atoms with Crippen molar-refractivity contribution in [1.82, 2.24) is 9.78 Å². The van der Waals surface area contributed by atoms with Crippen molar-refractivity contribution in [2.75, 3.05) is 16.8 Å². The van der Waals surface area contributed by atoms with Gasteiger partial charge in [-0.25, -0.2) is 0 Å². The average Bonchev–Trinajstić information content (AvgIpc) is 3.15. The summed E-state index contributed by atoms with van der Waals surface area (Å²) in [4.78, 5) is 28.9. The third kappa shape index (κ3) is 3.73. The molecule has 154 valence electrons. The van der Waals surface area contributed by atoms with E-state index in [1.54, 1.807) is 28.9 Å². The van der Waals surface area contributed by atoms with Crippen molar-refractivity contribution in [1.29, 1.82) is 0 Å². The minimum atomic E-state index is -1.25. The van der Waals surface area contributed by atoms with Crippen molar-refractivity contribution in [2.45, 2.75) is 37.0 Å². The van der Waals surface area contributed by atoms with Gasteiger partial charge in [0, 0.05) is 17.6 Å². The normalized spacial score (nSPS) is 18.2. The van der Waals surface area contributed by atoms with E-state index in [2.05, 4.69) is 29.5 Å². The van der Waals surface area contributed by atoms with E-state index in [1.807, 2.05) is 43.3 Å². The van der Waals surface area contributed by atoms with Gasteiger partial charge in [0.05, 0.1) is 24.1 Å². The van der Waals surface area contributed by atoms with Gasteiger partial charge < -0.3 is 10.2 Å². The molecule has 0 saturated heterocycles. The molecular formula is C23H24N4O2S. The number of carbonyl (C=O) groups is 2. The SMILES string of the molecule is CCN1C(=O)C(C)(C(=O)Nc2cnn(Cc3cccc(C)c3)c2)Sc2ccccc21. The fraction of sp³-hybridized carbons (Fsp3) is 0.261. The second-order valence-corrected chi connectivity index (χ2v) is 8.98. The molecule has 1 unspecified atom stereocenters. The Bertz CT molecular complexity index is 1110. The van der Waals surface area contributed by atoms with Crippen molar-refractivity contribution in [2.24, 2.45) is 0 Å². The van der Waals surface area contributed by atoms with E-state index in [0.29, 0.717) is 18.8 Å². The Hall–Kier alpha value is -3.06. The Morgan fingerprint density at radius 3 is 2.77 bits per heavy atom.